The molecule has 5 aromatic rings. The van der Waals surface area contributed by atoms with Gasteiger partial charge in [0.25, 0.3) is 15.7 Å². The van der Waals surface area contributed by atoms with Gasteiger partial charge in [0.1, 0.15) is 30.3 Å². The Morgan fingerprint density at radius 3 is 1.63 bits per heavy atom. The summed E-state index contributed by atoms with van der Waals surface area (Å²) in [7, 11) is -5.67. The fourth-order valence-electron chi connectivity index (χ4n) is 6.37. The van der Waals surface area contributed by atoms with Gasteiger partial charge in [0, 0.05) is 35.4 Å². The van der Waals surface area contributed by atoms with Gasteiger partial charge in [-0.05, 0) is 47.5 Å². The molecule has 0 spiro atoms. The number of urea groups is 1. The number of ether oxygens (including phenoxy) is 2. The van der Waals surface area contributed by atoms with Crippen molar-refractivity contribution < 1.29 is 40.7 Å². The van der Waals surface area contributed by atoms with Crippen molar-refractivity contribution in [3.63, 3.8) is 0 Å². The number of amides is 3. The number of hydrogen-bond donors (Lipinski definition) is 1. The number of pyridine rings is 2. The minimum Gasteiger partial charge on any atom is -0.487 e. The molecule has 14 heteroatoms. The maximum atomic E-state index is 14.9. The van der Waals surface area contributed by atoms with E-state index < -0.39 is 49.6 Å². The topological polar surface area (TPSA) is 128 Å². The Hall–Kier alpha value is -5.76. The van der Waals surface area contributed by atoms with E-state index in [-0.39, 0.29) is 18.9 Å². The number of carbonyl (C=O) groups excluding carboxylic acids is 2. The van der Waals surface area contributed by atoms with E-state index >= 15 is 0 Å². The van der Waals surface area contributed by atoms with Crippen molar-refractivity contribution in [3.8, 4) is 11.5 Å². The number of rotatable bonds is 12. The number of imide groups is 1. The lowest BCUT2D eigenvalue weighted by Gasteiger charge is -2.39. The number of anilines is 1. The number of nitrogens with one attached hydrogen (secondary N) is 1. The highest BCUT2D eigenvalue weighted by Crippen LogP contribution is 2.48. The molecule has 268 valence electrons. The van der Waals surface area contributed by atoms with Crippen LogP contribution in [0.1, 0.15) is 47.9 Å². The highest BCUT2D eigenvalue weighted by molar-refractivity contribution is 7.92. The number of carbonyl (C=O) groups is 2. The van der Waals surface area contributed by atoms with Crippen LogP contribution in [0.25, 0.3) is 0 Å². The standard InChI is InChI=1S/C38H33F3N4O6S/c1-25(31-17-19-42-21-33(31)50-23-27-9-5-3-6-10-27)37(26(2)32-18-20-43-22-34(32)51-24-28-11-7-4-8-12-28)35(46)45(36(47)44-37)29-13-15-30(16-14-29)52(48,49)38(39,40)41/h3-22,25-26H,23-24H2,1-2H3,(H,44,47). The van der Waals surface area contributed by atoms with E-state index in [2.05, 4.69) is 15.3 Å². The van der Waals surface area contributed by atoms with E-state index in [1.165, 1.54) is 12.4 Å². The van der Waals surface area contributed by atoms with Crippen LogP contribution in [-0.4, -0.2) is 41.4 Å². The fraction of sp³-hybridized carbons (Fsp3) is 0.211. The SMILES string of the molecule is CC(c1ccncc1OCc1ccccc1)C1(C(C)c2ccncc2OCc2ccccc2)NC(=O)N(c2ccc(S(=O)(=O)C(F)(F)F)cc2)C1=O. The largest absolute Gasteiger partial charge is 0.501 e. The molecule has 0 radical (unpaired) electrons. The van der Waals surface area contributed by atoms with Crippen molar-refractivity contribution in [2.75, 3.05) is 4.90 Å². The molecule has 10 nitrogen and oxygen atoms in total. The molecule has 1 N–H and O–H groups in total. The Morgan fingerprint density at radius 2 is 1.19 bits per heavy atom. The predicted octanol–water partition coefficient (Wildman–Crippen LogP) is 7.33. The second kappa shape index (κ2) is 14.5. The highest BCUT2D eigenvalue weighted by Gasteiger charge is 2.59. The molecule has 52 heavy (non-hydrogen) atoms. The van der Waals surface area contributed by atoms with Crippen LogP contribution in [0.3, 0.4) is 0 Å². The zero-order chi connectivity index (χ0) is 37.1. The van der Waals surface area contributed by atoms with Crippen molar-refractivity contribution in [1.29, 1.82) is 0 Å². The zero-order valence-electron chi connectivity index (χ0n) is 27.9. The van der Waals surface area contributed by atoms with Crippen molar-refractivity contribution in [2.45, 2.75) is 54.8 Å². The molecule has 0 bridgehead atoms. The number of alkyl halides is 3. The van der Waals surface area contributed by atoms with E-state index in [0.717, 1.165) is 28.2 Å². The van der Waals surface area contributed by atoms with Crippen molar-refractivity contribution in [3.05, 3.63) is 144 Å². The Balaban J connectivity index is 1.42. The minimum absolute atomic E-state index is 0.129. The molecular weight excluding hydrogens is 698 g/mol. The molecule has 1 aliphatic heterocycles. The summed E-state index contributed by atoms with van der Waals surface area (Å²) < 4.78 is 76.3. The third kappa shape index (κ3) is 6.81. The zero-order valence-corrected chi connectivity index (χ0v) is 28.8. The van der Waals surface area contributed by atoms with Crippen LogP contribution in [0.5, 0.6) is 11.5 Å². The summed E-state index contributed by atoms with van der Waals surface area (Å²) in [5, 5.41) is 2.92. The molecule has 1 saturated heterocycles. The second-order valence-electron chi connectivity index (χ2n) is 12.2. The molecule has 3 amide bonds. The molecule has 2 unspecified atom stereocenters. The summed E-state index contributed by atoms with van der Waals surface area (Å²) in [6.07, 6.45) is 6.12. The van der Waals surface area contributed by atoms with E-state index in [9.17, 15) is 31.2 Å². The van der Waals surface area contributed by atoms with Crippen LogP contribution >= 0.6 is 0 Å². The summed E-state index contributed by atoms with van der Waals surface area (Å²) in [6.45, 7) is 3.90. The molecule has 6 rings (SSSR count). The van der Waals surface area contributed by atoms with Crippen LogP contribution in [0.4, 0.5) is 23.7 Å². The predicted molar refractivity (Wildman–Crippen MR) is 185 cm³/mol. The maximum absolute atomic E-state index is 14.9. The van der Waals surface area contributed by atoms with Crippen molar-refractivity contribution >= 4 is 27.5 Å². The first-order valence-corrected chi connectivity index (χ1v) is 17.6. The fourth-order valence-corrected chi connectivity index (χ4v) is 7.13. The quantitative estimate of drug-likeness (QED) is 0.132. The first-order chi connectivity index (χ1) is 24.8. The van der Waals surface area contributed by atoms with Gasteiger partial charge in [-0.15, -0.1) is 0 Å². The van der Waals surface area contributed by atoms with E-state index in [1.807, 2.05) is 60.7 Å². The van der Waals surface area contributed by atoms with Gasteiger partial charge >= 0.3 is 11.5 Å². The summed E-state index contributed by atoms with van der Waals surface area (Å²) >= 11 is 0. The van der Waals surface area contributed by atoms with Crippen LogP contribution in [0.15, 0.2) is 127 Å². The highest BCUT2D eigenvalue weighted by atomic mass is 32.2. The molecular formula is C38H33F3N4O6S. The van der Waals surface area contributed by atoms with E-state index in [4.69, 9.17) is 9.47 Å². The third-order valence-electron chi connectivity index (χ3n) is 9.19. The number of hydrogen-bond acceptors (Lipinski definition) is 8. The first kappa shape index (κ1) is 36.0. The minimum atomic E-state index is -5.67. The Bertz CT molecular complexity index is 2080. The molecule has 2 aromatic heterocycles. The van der Waals surface area contributed by atoms with Gasteiger partial charge < -0.3 is 14.8 Å². The van der Waals surface area contributed by atoms with Crippen LogP contribution in [0.2, 0.25) is 0 Å². The number of nitrogens with zero attached hydrogens (tertiary/aromatic N) is 3. The molecule has 3 aromatic carbocycles. The lowest BCUT2D eigenvalue weighted by atomic mass is 9.69. The Labute approximate surface area is 298 Å². The summed E-state index contributed by atoms with van der Waals surface area (Å²) in [4.78, 5) is 37.1. The van der Waals surface area contributed by atoms with E-state index in [0.29, 0.717) is 34.8 Å². The summed E-state index contributed by atoms with van der Waals surface area (Å²) in [5.74, 6) is -1.62. The Kier molecular flexibility index (Phi) is 10.0. The average Bonchev–Trinajstić information content (AvgIpc) is 3.43. The molecule has 2 atom stereocenters. The summed E-state index contributed by atoms with van der Waals surface area (Å²) in [6, 6.07) is 24.8. The van der Waals surface area contributed by atoms with Crippen LogP contribution in [-0.2, 0) is 27.8 Å². The van der Waals surface area contributed by atoms with E-state index in [1.54, 1.807) is 38.4 Å². The number of aromatic nitrogens is 2. The van der Waals surface area contributed by atoms with Crippen LogP contribution < -0.4 is 19.7 Å². The smallest absolute Gasteiger partial charge is 0.487 e. The maximum Gasteiger partial charge on any atom is 0.501 e. The van der Waals surface area contributed by atoms with Gasteiger partial charge in [-0.2, -0.15) is 13.2 Å². The lowest BCUT2D eigenvalue weighted by Crippen LogP contribution is -2.55. The van der Waals surface area contributed by atoms with Gasteiger partial charge in [0.05, 0.1) is 23.0 Å². The van der Waals surface area contributed by atoms with Gasteiger partial charge in [-0.3, -0.25) is 14.8 Å². The van der Waals surface area contributed by atoms with Gasteiger partial charge in [-0.1, -0.05) is 74.5 Å². The monoisotopic (exact) mass is 730 g/mol. The molecule has 1 fully saturated rings. The first-order valence-electron chi connectivity index (χ1n) is 16.1. The lowest BCUT2D eigenvalue weighted by molar-refractivity contribution is -0.123. The van der Waals surface area contributed by atoms with Gasteiger partial charge in [-0.25, -0.2) is 18.1 Å². The molecule has 3 heterocycles. The van der Waals surface area contributed by atoms with Gasteiger partial charge in [0.15, 0.2) is 0 Å². The normalized spacial score (nSPS) is 17.4. The van der Waals surface area contributed by atoms with Gasteiger partial charge in [0.2, 0.25) is 0 Å². The molecule has 1 aliphatic rings. The molecule has 0 aliphatic carbocycles. The number of sulfone groups is 1. The van der Waals surface area contributed by atoms with Crippen LogP contribution in [0, 0.1) is 0 Å². The second-order valence-corrected chi connectivity index (χ2v) is 14.1. The molecule has 0 saturated carbocycles. The number of benzene rings is 3. The van der Waals surface area contributed by atoms with Crippen molar-refractivity contribution in [2.24, 2.45) is 0 Å². The third-order valence-corrected chi connectivity index (χ3v) is 10.7. The Morgan fingerprint density at radius 1 is 0.731 bits per heavy atom. The number of halogens is 3. The average molecular weight is 731 g/mol. The summed E-state index contributed by atoms with van der Waals surface area (Å²) in [5.41, 5.74) is -4.55. The van der Waals surface area contributed by atoms with Crippen molar-refractivity contribution in [1.82, 2.24) is 15.3 Å².